The van der Waals surface area contributed by atoms with Crippen molar-refractivity contribution >= 4 is 6.09 Å². The summed E-state index contributed by atoms with van der Waals surface area (Å²) in [4.78, 5) is 10.6. The third kappa shape index (κ3) is 6.51. The number of hydrogen-bond acceptors (Lipinski definition) is 5. The number of carbonyl (C=O) groups is 1. The van der Waals surface area contributed by atoms with E-state index in [1.807, 2.05) is 6.07 Å². The lowest BCUT2D eigenvalue weighted by Gasteiger charge is -2.00. The predicted octanol–water partition coefficient (Wildman–Crippen LogP) is 1.21. The van der Waals surface area contributed by atoms with E-state index in [0.29, 0.717) is 18.0 Å². The molecule has 0 spiro atoms. The van der Waals surface area contributed by atoms with E-state index in [2.05, 4.69) is 5.32 Å². The van der Waals surface area contributed by atoms with Crippen LogP contribution in [-0.4, -0.2) is 51.8 Å². The summed E-state index contributed by atoms with van der Waals surface area (Å²) in [6, 6.07) is 8.90. The van der Waals surface area contributed by atoms with Gasteiger partial charge in [0.15, 0.2) is 0 Å². The zero-order valence-corrected chi connectivity index (χ0v) is 11.4. The van der Waals surface area contributed by atoms with E-state index in [-0.39, 0.29) is 0 Å². The number of benzene rings is 1. The number of rotatable bonds is 5. The van der Waals surface area contributed by atoms with Crippen molar-refractivity contribution in [3.05, 3.63) is 30.3 Å². The van der Waals surface area contributed by atoms with Gasteiger partial charge in [-0.05, 0) is 12.1 Å². The highest BCUT2D eigenvalue weighted by atomic mass is 16.6. The lowest BCUT2D eigenvalue weighted by Crippen LogP contribution is -2.21. The molecule has 2 unspecified atom stereocenters. The minimum absolute atomic E-state index is 0.392. The normalized spacial score (nSPS) is 22.2. The standard InChI is InChI=1S/C8H9NO2.C6H10O3/c1-9-8(10)11-7-5-3-2-4-6-7;1(5-3-8-5)7-2-6-4-9-6/h2-6H,1H3,(H,9,10);5-6H,1-4H2. The van der Waals surface area contributed by atoms with E-state index in [0.717, 1.165) is 26.4 Å². The highest BCUT2D eigenvalue weighted by molar-refractivity contribution is 5.69. The molecule has 6 heteroatoms. The molecule has 0 saturated carbocycles. The number of carbonyl (C=O) groups excluding carboxylic acids is 1. The van der Waals surface area contributed by atoms with Crippen LogP contribution in [-0.2, 0) is 14.2 Å². The minimum atomic E-state index is -0.448. The number of epoxide rings is 2. The largest absolute Gasteiger partial charge is 0.412 e. The topological polar surface area (TPSA) is 72.6 Å². The zero-order valence-electron chi connectivity index (χ0n) is 11.4. The second-order valence-electron chi connectivity index (χ2n) is 4.40. The van der Waals surface area contributed by atoms with Crippen molar-refractivity contribution in [3.8, 4) is 5.75 Å². The SMILES string of the molecule is C(OCC1CO1)C1CO1.CNC(=O)Oc1ccccc1. The van der Waals surface area contributed by atoms with Crippen LogP contribution in [0, 0.1) is 0 Å². The fraction of sp³-hybridized carbons (Fsp3) is 0.500. The molecular weight excluding hydrogens is 262 g/mol. The molecule has 3 rings (SSSR count). The summed E-state index contributed by atoms with van der Waals surface area (Å²) < 4.78 is 19.9. The van der Waals surface area contributed by atoms with Gasteiger partial charge in [-0.2, -0.15) is 0 Å². The Balaban J connectivity index is 0.000000149. The van der Waals surface area contributed by atoms with E-state index < -0.39 is 6.09 Å². The number of hydrogen-bond donors (Lipinski definition) is 1. The van der Waals surface area contributed by atoms with Crippen LogP contribution in [0.25, 0.3) is 0 Å². The fourth-order valence-corrected chi connectivity index (χ4v) is 1.31. The third-order valence-electron chi connectivity index (χ3n) is 2.57. The molecule has 2 heterocycles. The molecular formula is C14H19NO5. The van der Waals surface area contributed by atoms with E-state index in [4.69, 9.17) is 18.9 Å². The zero-order chi connectivity index (χ0) is 14.2. The van der Waals surface area contributed by atoms with Crippen LogP contribution in [0.2, 0.25) is 0 Å². The van der Waals surface area contributed by atoms with Crippen molar-refractivity contribution in [1.82, 2.24) is 5.32 Å². The van der Waals surface area contributed by atoms with Gasteiger partial charge in [-0.1, -0.05) is 18.2 Å². The van der Waals surface area contributed by atoms with Crippen LogP contribution < -0.4 is 10.1 Å². The molecule has 1 aromatic rings. The predicted molar refractivity (Wildman–Crippen MR) is 71.8 cm³/mol. The van der Waals surface area contributed by atoms with Crippen LogP contribution in [0.4, 0.5) is 4.79 Å². The van der Waals surface area contributed by atoms with Crippen molar-refractivity contribution in [3.63, 3.8) is 0 Å². The van der Waals surface area contributed by atoms with Gasteiger partial charge < -0.3 is 24.3 Å². The third-order valence-corrected chi connectivity index (χ3v) is 2.57. The Bertz CT molecular complexity index is 391. The Morgan fingerprint density at radius 1 is 1.20 bits per heavy atom. The van der Waals surface area contributed by atoms with Crippen molar-refractivity contribution < 1.29 is 23.7 Å². The average molecular weight is 281 g/mol. The van der Waals surface area contributed by atoms with Crippen molar-refractivity contribution in [2.24, 2.45) is 0 Å². The summed E-state index contributed by atoms with van der Waals surface area (Å²) in [6.45, 7) is 3.26. The molecule has 6 nitrogen and oxygen atoms in total. The maximum atomic E-state index is 10.6. The highest BCUT2D eigenvalue weighted by Gasteiger charge is 2.26. The van der Waals surface area contributed by atoms with Crippen LogP contribution in [0.15, 0.2) is 30.3 Å². The Labute approximate surface area is 118 Å². The number of nitrogens with one attached hydrogen (secondary N) is 1. The molecule has 0 aromatic heterocycles. The quantitative estimate of drug-likeness (QED) is 0.821. The summed E-state index contributed by atoms with van der Waals surface area (Å²) in [5.74, 6) is 0.548. The minimum Gasteiger partial charge on any atom is -0.410 e. The van der Waals surface area contributed by atoms with Crippen molar-refractivity contribution in [2.75, 3.05) is 33.5 Å². The van der Waals surface area contributed by atoms with Crippen LogP contribution >= 0.6 is 0 Å². The first-order valence-corrected chi connectivity index (χ1v) is 6.53. The number of ether oxygens (including phenoxy) is 4. The Morgan fingerprint density at radius 2 is 1.75 bits per heavy atom. The summed E-state index contributed by atoms with van der Waals surface area (Å²) >= 11 is 0. The molecule has 2 saturated heterocycles. The Kier molecular flexibility index (Phi) is 5.79. The molecule has 2 aliphatic heterocycles. The first kappa shape index (κ1) is 14.8. The summed E-state index contributed by atoms with van der Waals surface area (Å²) in [5, 5.41) is 2.35. The van der Waals surface area contributed by atoms with Gasteiger partial charge >= 0.3 is 6.09 Å². The number of amides is 1. The summed E-state index contributed by atoms with van der Waals surface area (Å²) in [6.07, 6.45) is 0.337. The van der Waals surface area contributed by atoms with Crippen LogP contribution in [0.3, 0.4) is 0 Å². The van der Waals surface area contributed by atoms with Crippen molar-refractivity contribution in [2.45, 2.75) is 12.2 Å². The molecule has 1 aromatic carbocycles. The maximum Gasteiger partial charge on any atom is 0.412 e. The van der Waals surface area contributed by atoms with Crippen molar-refractivity contribution in [1.29, 1.82) is 0 Å². The molecule has 20 heavy (non-hydrogen) atoms. The van der Waals surface area contributed by atoms with Crippen LogP contribution in [0.5, 0.6) is 5.75 Å². The molecule has 1 N–H and O–H groups in total. The highest BCUT2D eigenvalue weighted by Crippen LogP contribution is 2.12. The average Bonchev–Trinajstić information content (AvgIpc) is 3.35. The van der Waals surface area contributed by atoms with E-state index in [9.17, 15) is 4.79 Å². The van der Waals surface area contributed by atoms with E-state index in [1.165, 1.54) is 7.05 Å². The van der Waals surface area contributed by atoms with Gasteiger partial charge in [0.2, 0.25) is 0 Å². The van der Waals surface area contributed by atoms with E-state index >= 15 is 0 Å². The van der Waals surface area contributed by atoms with Gasteiger partial charge in [0.05, 0.1) is 26.4 Å². The molecule has 2 aliphatic rings. The van der Waals surface area contributed by atoms with Crippen LogP contribution in [0.1, 0.15) is 0 Å². The Morgan fingerprint density at radius 3 is 2.20 bits per heavy atom. The van der Waals surface area contributed by atoms with Gasteiger partial charge in [-0.15, -0.1) is 0 Å². The second kappa shape index (κ2) is 7.84. The first-order valence-electron chi connectivity index (χ1n) is 6.53. The summed E-state index contributed by atoms with van der Waals surface area (Å²) in [5.41, 5.74) is 0. The van der Waals surface area contributed by atoms with Gasteiger partial charge in [0.1, 0.15) is 18.0 Å². The smallest absolute Gasteiger partial charge is 0.410 e. The molecule has 2 fully saturated rings. The lowest BCUT2D eigenvalue weighted by atomic mass is 10.3. The molecule has 0 radical (unpaired) electrons. The molecule has 2 atom stereocenters. The molecule has 0 aliphatic carbocycles. The van der Waals surface area contributed by atoms with Gasteiger partial charge in [-0.3, -0.25) is 0 Å². The number of para-hydroxylation sites is 1. The summed E-state index contributed by atoms with van der Waals surface area (Å²) in [7, 11) is 1.52. The fourth-order valence-electron chi connectivity index (χ4n) is 1.31. The molecule has 1 amide bonds. The van der Waals surface area contributed by atoms with Gasteiger partial charge in [-0.25, -0.2) is 4.79 Å². The second-order valence-corrected chi connectivity index (χ2v) is 4.40. The maximum absolute atomic E-state index is 10.6. The monoisotopic (exact) mass is 281 g/mol. The van der Waals surface area contributed by atoms with Gasteiger partial charge in [0.25, 0.3) is 0 Å². The lowest BCUT2D eigenvalue weighted by molar-refractivity contribution is 0.102. The Hall–Kier alpha value is -1.63. The molecule has 0 bridgehead atoms. The molecule has 110 valence electrons. The first-order chi connectivity index (χ1) is 9.78. The van der Waals surface area contributed by atoms with Gasteiger partial charge in [0, 0.05) is 7.05 Å². The van der Waals surface area contributed by atoms with E-state index in [1.54, 1.807) is 24.3 Å².